The molecule has 3 rings (SSSR count). The largest absolute Gasteiger partial charge is 0.388 e. The summed E-state index contributed by atoms with van der Waals surface area (Å²) in [6, 6.07) is 10.1. The van der Waals surface area contributed by atoms with Crippen molar-refractivity contribution in [3.05, 3.63) is 42.1 Å². The van der Waals surface area contributed by atoms with Crippen molar-refractivity contribution in [1.29, 1.82) is 0 Å². The lowest BCUT2D eigenvalue weighted by Crippen LogP contribution is -2.34. The van der Waals surface area contributed by atoms with Crippen molar-refractivity contribution >= 4 is 17.3 Å². The van der Waals surface area contributed by atoms with Gasteiger partial charge in [-0.3, -0.25) is 0 Å². The Morgan fingerprint density at radius 1 is 1.36 bits per heavy atom. The fraction of sp³-hybridized carbons (Fsp3) is 0.375. The van der Waals surface area contributed by atoms with E-state index in [1.54, 1.807) is 6.20 Å². The standard InChI is InChI=1S/C16H21N5O/c1-4-14(22)13-10-17-21-15(13)18-11(2)19-16(21)20(3)12-8-6-5-7-9-12/h5-10,14,16,22H,4H2,1-3H3,(H,18,19). The van der Waals surface area contributed by atoms with Gasteiger partial charge in [0.2, 0.25) is 6.29 Å². The molecule has 2 aromatic rings. The van der Waals surface area contributed by atoms with Crippen LogP contribution in [0.3, 0.4) is 0 Å². The Bertz CT molecular complexity index is 679. The van der Waals surface area contributed by atoms with Crippen LogP contribution in [0.15, 0.2) is 41.5 Å². The molecule has 6 heteroatoms. The fourth-order valence-electron chi connectivity index (χ4n) is 2.62. The van der Waals surface area contributed by atoms with Crippen LogP contribution in [0, 0.1) is 0 Å². The first-order valence-electron chi connectivity index (χ1n) is 7.46. The van der Waals surface area contributed by atoms with Gasteiger partial charge in [-0.25, -0.2) is 9.67 Å². The number of aliphatic hydroxyl groups is 1. The molecule has 2 unspecified atom stereocenters. The lowest BCUT2D eigenvalue weighted by Gasteiger charge is -2.32. The molecule has 0 saturated carbocycles. The number of amidine groups is 1. The van der Waals surface area contributed by atoms with Gasteiger partial charge in [-0.05, 0) is 25.5 Å². The second-order valence-corrected chi connectivity index (χ2v) is 5.45. The third kappa shape index (κ3) is 2.46. The highest BCUT2D eigenvalue weighted by Gasteiger charge is 2.28. The summed E-state index contributed by atoms with van der Waals surface area (Å²) in [5.74, 6) is 1.62. The van der Waals surface area contributed by atoms with Crippen LogP contribution in [0.5, 0.6) is 0 Å². The lowest BCUT2D eigenvalue weighted by atomic mass is 10.1. The minimum absolute atomic E-state index is 0.267. The zero-order chi connectivity index (χ0) is 15.7. The molecule has 1 aromatic carbocycles. The van der Waals surface area contributed by atoms with Gasteiger partial charge >= 0.3 is 0 Å². The molecule has 0 amide bonds. The van der Waals surface area contributed by atoms with Crippen LogP contribution in [-0.4, -0.2) is 27.8 Å². The molecule has 2 N–H and O–H groups in total. The smallest absolute Gasteiger partial charge is 0.221 e. The molecule has 0 radical (unpaired) electrons. The number of hydrogen-bond donors (Lipinski definition) is 2. The fourth-order valence-corrected chi connectivity index (χ4v) is 2.62. The predicted molar refractivity (Wildman–Crippen MR) is 88.1 cm³/mol. The molecule has 0 bridgehead atoms. The number of aromatic nitrogens is 2. The summed E-state index contributed by atoms with van der Waals surface area (Å²) in [6.45, 7) is 3.87. The van der Waals surface area contributed by atoms with Crippen LogP contribution < -0.4 is 10.2 Å². The number of hydrogen-bond acceptors (Lipinski definition) is 5. The van der Waals surface area contributed by atoms with Gasteiger partial charge in [0.15, 0.2) is 0 Å². The van der Waals surface area contributed by atoms with E-state index in [-0.39, 0.29) is 6.29 Å². The van der Waals surface area contributed by atoms with Crippen LogP contribution in [0.2, 0.25) is 0 Å². The molecule has 0 fully saturated rings. The summed E-state index contributed by atoms with van der Waals surface area (Å²) >= 11 is 0. The monoisotopic (exact) mass is 299 g/mol. The zero-order valence-corrected chi connectivity index (χ0v) is 13.1. The van der Waals surface area contributed by atoms with Crippen LogP contribution >= 0.6 is 0 Å². The molecular formula is C16H21N5O. The van der Waals surface area contributed by atoms with E-state index in [1.807, 2.05) is 55.9 Å². The van der Waals surface area contributed by atoms with Gasteiger partial charge in [0.25, 0.3) is 0 Å². The molecule has 0 aliphatic carbocycles. The minimum atomic E-state index is -0.523. The number of aliphatic hydroxyl groups excluding tert-OH is 1. The topological polar surface area (TPSA) is 65.7 Å². The third-order valence-corrected chi connectivity index (χ3v) is 3.91. The van der Waals surface area contributed by atoms with Crippen LogP contribution in [0.1, 0.15) is 38.2 Å². The Morgan fingerprint density at radius 2 is 2.09 bits per heavy atom. The lowest BCUT2D eigenvalue weighted by molar-refractivity contribution is 0.174. The van der Waals surface area contributed by atoms with Crippen molar-refractivity contribution < 1.29 is 5.11 Å². The number of nitrogens with zero attached hydrogens (tertiary/aromatic N) is 4. The summed E-state index contributed by atoms with van der Waals surface area (Å²) in [5.41, 5.74) is 1.87. The molecule has 1 aromatic heterocycles. The van der Waals surface area contributed by atoms with E-state index >= 15 is 0 Å². The van der Waals surface area contributed by atoms with E-state index in [1.165, 1.54) is 0 Å². The number of fused-ring (bicyclic) bond motifs is 1. The van der Waals surface area contributed by atoms with E-state index < -0.39 is 6.10 Å². The van der Waals surface area contributed by atoms with Gasteiger partial charge in [-0.2, -0.15) is 5.10 Å². The molecule has 2 atom stereocenters. The average molecular weight is 299 g/mol. The van der Waals surface area contributed by atoms with Crippen molar-refractivity contribution in [2.75, 3.05) is 17.3 Å². The first-order valence-corrected chi connectivity index (χ1v) is 7.46. The second-order valence-electron chi connectivity index (χ2n) is 5.45. The number of para-hydroxylation sites is 1. The highest BCUT2D eigenvalue weighted by Crippen LogP contribution is 2.33. The van der Waals surface area contributed by atoms with E-state index in [2.05, 4.69) is 20.3 Å². The van der Waals surface area contributed by atoms with Crippen molar-refractivity contribution in [3.63, 3.8) is 0 Å². The van der Waals surface area contributed by atoms with Crippen molar-refractivity contribution in [3.8, 4) is 0 Å². The van der Waals surface area contributed by atoms with Gasteiger partial charge in [0, 0.05) is 18.3 Å². The SMILES string of the molecule is CCC(O)c1cnn2c1NC(C)=NC2N(C)c1ccccc1. The Balaban J connectivity index is 2.00. The normalized spacial score (nSPS) is 18.2. The molecule has 22 heavy (non-hydrogen) atoms. The zero-order valence-electron chi connectivity index (χ0n) is 13.1. The molecule has 0 spiro atoms. The van der Waals surface area contributed by atoms with Crippen molar-refractivity contribution in [2.45, 2.75) is 32.7 Å². The quantitative estimate of drug-likeness (QED) is 0.911. The molecule has 6 nitrogen and oxygen atoms in total. The van der Waals surface area contributed by atoms with E-state index in [0.29, 0.717) is 6.42 Å². The maximum atomic E-state index is 10.2. The highest BCUT2D eigenvalue weighted by atomic mass is 16.3. The number of nitrogens with one attached hydrogen (secondary N) is 1. The van der Waals surface area contributed by atoms with Gasteiger partial charge in [-0.1, -0.05) is 25.1 Å². The van der Waals surface area contributed by atoms with Crippen molar-refractivity contribution in [2.24, 2.45) is 4.99 Å². The Labute approximate surface area is 130 Å². The number of aliphatic imine (C=N–C) groups is 1. The first-order chi connectivity index (χ1) is 10.6. The molecule has 2 heterocycles. The average Bonchev–Trinajstić information content (AvgIpc) is 2.97. The van der Waals surface area contributed by atoms with E-state index in [0.717, 1.165) is 22.9 Å². The number of rotatable bonds is 4. The van der Waals surface area contributed by atoms with Gasteiger partial charge in [0.1, 0.15) is 11.7 Å². The summed E-state index contributed by atoms with van der Waals surface area (Å²) in [6.07, 6.45) is 1.58. The van der Waals surface area contributed by atoms with Crippen LogP contribution in [-0.2, 0) is 0 Å². The molecule has 116 valence electrons. The Kier molecular flexibility index (Phi) is 3.85. The van der Waals surface area contributed by atoms with E-state index in [9.17, 15) is 5.11 Å². The predicted octanol–water partition coefficient (Wildman–Crippen LogP) is 2.76. The molecule has 0 saturated heterocycles. The van der Waals surface area contributed by atoms with Crippen LogP contribution in [0.4, 0.5) is 11.5 Å². The van der Waals surface area contributed by atoms with Gasteiger partial charge < -0.3 is 15.3 Å². The maximum absolute atomic E-state index is 10.2. The summed E-state index contributed by atoms with van der Waals surface area (Å²) < 4.78 is 1.81. The Morgan fingerprint density at radius 3 is 2.77 bits per heavy atom. The third-order valence-electron chi connectivity index (χ3n) is 3.91. The summed E-state index contributed by atoms with van der Waals surface area (Å²) in [5, 5.41) is 17.8. The minimum Gasteiger partial charge on any atom is -0.388 e. The number of anilines is 2. The number of benzene rings is 1. The van der Waals surface area contributed by atoms with Gasteiger partial charge in [-0.15, -0.1) is 0 Å². The summed E-state index contributed by atoms with van der Waals surface area (Å²) in [4.78, 5) is 6.71. The van der Waals surface area contributed by atoms with Crippen LogP contribution in [0.25, 0.3) is 0 Å². The van der Waals surface area contributed by atoms with Crippen molar-refractivity contribution in [1.82, 2.24) is 9.78 Å². The van der Waals surface area contributed by atoms with Gasteiger partial charge in [0.05, 0.1) is 12.3 Å². The van der Waals surface area contributed by atoms with E-state index in [4.69, 9.17) is 0 Å². The second kappa shape index (κ2) is 5.81. The Hall–Kier alpha value is -2.34. The molecule has 1 aliphatic rings. The first kappa shape index (κ1) is 14.6. The summed E-state index contributed by atoms with van der Waals surface area (Å²) in [7, 11) is 1.99. The molecule has 1 aliphatic heterocycles. The maximum Gasteiger partial charge on any atom is 0.221 e. The molecular weight excluding hydrogens is 278 g/mol. The highest BCUT2D eigenvalue weighted by molar-refractivity contribution is 5.94.